The molecule has 0 fully saturated rings. The lowest BCUT2D eigenvalue weighted by atomic mass is 10.1. The van der Waals surface area contributed by atoms with Crippen LogP contribution < -0.4 is 4.72 Å². The summed E-state index contributed by atoms with van der Waals surface area (Å²) in [7, 11) is -3.82. The highest BCUT2D eigenvalue weighted by Crippen LogP contribution is 2.26. The molecular formula is C12H19NO5S2. The number of thiophene rings is 1. The second-order valence-electron chi connectivity index (χ2n) is 4.97. The summed E-state index contributed by atoms with van der Waals surface area (Å²) < 4.78 is 26.9. The highest BCUT2D eigenvalue weighted by atomic mass is 32.2. The summed E-state index contributed by atoms with van der Waals surface area (Å²) in [6.45, 7) is 5.11. The van der Waals surface area contributed by atoms with Gasteiger partial charge < -0.3 is 10.2 Å². The second-order valence-corrected chi connectivity index (χ2v) is 7.91. The molecule has 0 radical (unpaired) electrons. The first kappa shape index (κ1) is 17.1. The van der Waals surface area contributed by atoms with E-state index in [0.29, 0.717) is 11.3 Å². The van der Waals surface area contributed by atoms with Crippen molar-refractivity contribution in [3.8, 4) is 0 Å². The summed E-state index contributed by atoms with van der Waals surface area (Å²) in [5.74, 6) is -0.923. The van der Waals surface area contributed by atoms with Crippen LogP contribution in [0.5, 0.6) is 0 Å². The molecule has 0 aliphatic carbocycles. The number of nitrogens with one attached hydrogen (secondary N) is 1. The van der Waals surface area contributed by atoms with E-state index in [9.17, 15) is 18.3 Å². The molecule has 6 nitrogen and oxygen atoms in total. The van der Waals surface area contributed by atoms with Crippen LogP contribution in [-0.2, 0) is 10.0 Å². The molecule has 0 bridgehead atoms. The minimum absolute atomic E-state index is 0.0210. The molecule has 0 spiro atoms. The number of aliphatic hydroxyl groups excluding tert-OH is 1. The standard InChI is InChI=1S/C12H19NO5S2/c1-7(2)4-9(6-14)13-20(17,18)11-5-10(12(15)16)19-8(11)3/h5,7,9,13-14H,4,6H2,1-3H3,(H,15,16). The Bertz CT molecular complexity index is 577. The van der Waals surface area contributed by atoms with Crippen molar-refractivity contribution in [3.05, 3.63) is 15.8 Å². The van der Waals surface area contributed by atoms with Gasteiger partial charge in [-0.1, -0.05) is 13.8 Å². The molecule has 0 aliphatic rings. The Morgan fingerprint density at radius 3 is 2.45 bits per heavy atom. The minimum Gasteiger partial charge on any atom is -0.477 e. The number of sulfonamides is 1. The van der Waals surface area contributed by atoms with Gasteiger partial charge in [-0.05, 0) is 25.3 Å². The predicted molar refractivity (Wildman–Crippen MR) is 76.7 cm³/mol. The van der Waals surface area contributed by atoms with E-state index >= 15 is 0 Å². The highest BCUT2D eigenvalue weighted by Gasteiger charge is 2.25. The molecule has 114 valence electrons. The van der Waals surface area contributed by atoms with Gasteiger partial charge in [0, 0.05) is 10.9 Å². The number of aromatic carboxylic acids is 1. The topological polar surface area (TPSA) is 104 Å². The molecule has 0 saturated carbocycles. The van der Waals surface area contributed by atoms with E-state index in [1.165, 1.54) is 0 Å². The van der Waals surface area contributed by atoms with Crippen molar-refractivity contribution in [2.75, 3.05) is 6.61 Å². The summed E-state index contributed by atoms with van der Waals surface area (Å²) in [4.78, 5) is 11.2. The second kappa shape index (κ2) is 6.66. The largest absolute Gasteiger partial charge is 0.477 e. The van der Waals surface area contributed by atoms with Crippen LogP contribution in [-0.4, -0.2) is 37.2 Å². The van der Waals surface area contributed by atoms with Crippen LogP contribution in [0.25, 0.3) is 0 Å². The highest BCUT2D eigenvalue weighted by molar-refractivity contribution is 7.89. The van der Waals surface area contributed by atoms with E-state index < -0.39 is 22.0 Å². The third kappa shape index (κ3) is 4.27. The number of hydrogen-bond donors (Lipinski definition) is 3. The molecule has 1 unspecified atom stereocenters. The quantitative estimate of drug-likeness (QED) is 0.705. The Labute approximate surface area is 122 Å². The van der Waals surface area contributed by atoms with Crippen LogP contribution in [0.15, 0.2) is 11.0 Å². The van der Waals surface area contributed by atoms with Gasteiger partial charge in [0.15, 0.2) is 0 Å². The van der Waals surface area contributed by atoms with Crippen LogP contribution in [0.3, 0.4) is 0 Å². The first-order valence-corrected chi connectivity index (χ1v) is 8.44. The molecule has 0 aromatic carbocycles. The molecule has 8 heteroatoms. The fourth-order valence-corrected chi connectivity index (χ4v) is 4.52. The average molecular weight is 321 g/mol. The lowest BCUT2D eigenvalue weighted by Crippen LogP contribution is -2.38. The van der Waals surface area contributed by atoms with Gasteiger partial charge in [0.2, 0.25) is 10.0 Å². The van der Waals surface area contributed by atoms with Gasteiger partial charge in [-0.25, -0.2) is 17.9 Å². The lowest BCUT2D eigenvalue weighted by Gasteiger charge is -2.18. The molecule has 0 aliphatic heterocycles. The molecule has 1 aromatic heterocycles. The first-order chi connectivity index (χ1) is 9.17. The van der Waals surface area contributed by atoms with Crippen LogP contribution in [0, 0.1) is 12.8 Å². The predicted octanol–water partition coefficient (Wildman–Crippen LogP) is 1.44. The normalized spacial score (nSPS) is 13.7. The third-order valence-electron chi connectivity index (χ3n) is 2.67. The maximum atomic E-state index is 12.2. The Hall–Kier alpha value is -0.960. The van der Waals surface area contributed by atoms with Gasteiger partial charge in [0.05, 0.1) is 11.5 Å². The van der Waals surface area contributed by atoms with Crippen molar-refractivity contribution in [2.45, 2.75) is 38.1 Å². The van der Waals surface area contributed by atoms with Gasteiger partial charge >= 0.3 is 5.97 Å². The minimum atomic E-state index is -3.82. The molecule has 20 heavy (non-hydrogen) atoms. The van der Waals surface area contributed by atoms with Crippen LogP contribution in [0.4, 0.5) is 0 Å². The molecule has 1 rings (SSSR count). The van der Waals surface area contributed by atoms with Crippen LogP contribution >= 0.6 is 11.3 Å². The fraction of sp³-hybridized carbons (Fsp3) is 0.583. The van der Waals surface area contributed by atoms with Crippen molar-refractivity contribution in [3.63, 3.8) is 0 Å². The molecule has 1 aromatic rings. The van der Waals surface area contributed by atoms with Gasteiger partial charge in [0.1, 0.15) is 4.88 Å². The van der Waals surface area contributed by atoms with Crippen molar-refractivity contribution in [2.24, 2.45) is 5.92 Å². The maximum Gasteiger partial charge on any atom is 0.345 e. The van der Waals surface area contributed by atoms with Crippen LogP contribution in [0.1, 0.15) is 34.8 Å². The van der Waals surface area contributed by atoms with Gasteiger partial charge in [0.25, 0.3) is 0 Å². The first-order valence-electron chi connectivity index (χ1n) is 6.14. The molecule has 0 amide bonds. The van der Waals surface area contributed by atoms with Gasteiger partial charge in [-0.3, -0.25) is 0 Å². The van der Waals surface area contributed by atoms with Gasteiger partial charge in [-0.2, -0.15) is 0 Å². The zero-order valence-electron chi connectivity index (χ0n) is 11.6. The van der Waals surface area contributed by atoms with E-state index in [1.54, 1.807) is 6.92 Å². The molecule has 3 N–H and O–H groups in total. The summed E-state index contributed by atoms with van der Waals surface area (Å²) >= 11 is 0.917. The molecule has 1 heterocycles. The number of hydrogen-bond acceptors (Lipinski definition) is 5. The summed E-state index contributed by atoms with van der Waals surface area (Å²) in [6, 6.07) is 0.571. The Morgan fingerprint density at radius 1 is 1.45 bits per heavy atom. The van der Waals surface area contributed by atoms with Crippen molar-refractivity contribution < 1.29 is 23.4 Å². The Balaban J connectivity index is 3.01. The van der Waals surface area contributed by atoms with Gasteiger partial charge in [-0.15, -0.1) is 11.3 Å². The molecule has 0 saturated heterocycles. The summed E-state index contributed by atoms with van der Waals surface area (Å²) in [6.07, 6.45) is 0.505. The number of aliphatic hydroxyl groups is 1. The SMILES string of the molecule is Cc1sc(C(=O)O)cc1S(=O)(=O)NC(CO)CC(C)C. The Morgan fingerprint density at radius 2 is 2.05 bits per heavy atom. The molecular weight excluding hydrogens is 302 g/mol. The van der Waals surface area contributed by atoms with Crippen molar-refractivity contribution >= 4 is 27.3 Å². The number of carboxylic acid groups (broad SMARTS) is 1. The number of aryl methyl sites for hydroxylation is 1. The zero-order chi connectivity index (χ0) is 15.5. The monoisotopic (exact) mass is 321 g/mol. The fourth-order valence-electron chi connectivity index (χ4n) is 1.85. The van der Waals surface area contributed by atoms with E-state index in [1.807, 2.05) is 13.8 Å². The van der Waals surface area contributed by atoms with Crippen molar-refractivity contribution in [1.82, 2.24) is 4.72 Å². The lowest BCUT2D eigenvalue weighted by molar-refractivity contribution is 0.0702. The Kier molecular flexibility index (Phi) is 5.69. The summed E-state index contributed by atoms with van der Waals surface area (Å²) in [5, 5.41) is 18.1. The van der Waals surface area contributed by atoms with Crippen molar-refractivity contribution in [1.29, 1.82) is 0 Å². The van der Waals surface area contributed by atoms with E-state index in [4.69, 9.17) is 5.11 Å². The van der Waals surface area contributed by atoms with E-state index in [0.717, 1.165) is 17.4 Å². The number of carboxylic acids is 1. The third-order valence-corrected chi connectivity index (χ3v) is 5.49. The zero-order valence-corrected chi connectivity index (χ0v) is 13.2. The van der Waals surface area contributed by atoms with E-state index in [-0.39, 0.29) is 22.3 Å². The number of carbonyl (C=O) groups is 1. The average Bonchev–Trinajstić information content (AvgIpc) is 2.70. The number of rotatable bonds is 7. The maximum absolute atomic E-state index is 12.2. The molecule has 1 atom stereocenters. The summed E-state index contributed by atoms with van der Waals surface area (Å²) in [5.41, 5.74) is 0. The van der Waals surface area contributed by atoms with Crippen LogP contribution in [0.2, 0.25) is 0 Å². The van der Waals surface area contributed by atoms with E-state index in [2.05, 4.69) is 4.72 Å². The smallest absolute Gasteiger partial charge is 0.345 e.